The molecule has 0 bridgehead atoms. The Morgan fingerprint density at radius 2 is 1.57 bits per heavy atom. The highest BCUT2D eigenvalue weighted by Crippen LogP contribution is 2.26. The van der Waals surface area contributed by atoms with Crippen molar-refractivity contribution in [2.75, 3.05) is 24.2 Å². The smallest absolute Gasteiger partial charge is 0.244 e. The molecule has 2 unspecified atom stereocenters. The number of carbonyl (C=O) groups excluding carboxylic acids is 2. The van der Waals surface area contributed by atoms with Crippen LogP contribution in [0.2, 0.25) is 0 Å². The maximum atomic E-state index is 13.6. The lowest BCUT2D eigenvalue weighted by molar-refractivity contribution is -0.139. The molecule has 1 N–H and O–H groups in total. The number of carbonyl (C=O) groups is 2. The van der Waals surface area contributed by atoms with Crippen LogP contribution in [-0.4, -0.2) is 57.1 Å². The van der Waals surface area contributed by atoms with E-state index in [2.05, 4.69) is 26.1 Å². The van der Waals surface area contributed by atoms with Crippen LogP contribution in [0.3, 0.4) is 0 Å². The minimum atomic E-state index is -3.78. The van der Waals surface area contributed by atoms with E-state index in [0.29, 0.717) is 11.4 Å². The van der Waals surface area contributed by atoms with Gasteiger partial charge >= 0.3 is 0 Å². The second kappa shape index (κ2) is 12.4. The van der Waals surface area contributed by atoms with Gasteiger partial charge in [-0.05, 0) is 61.1 Å². The highest BCUT2D eigenvalue weighted by Gasteiger charge is 2.30. The van der Waals surface area contributed by atoms with Crippen molar-refractivity contribution in [3.8, 4) is 5.75 Å². The number of rotatable bonds is 11. The molecule has 2 aromatic carbocycles. The lowest BCUT2D eigenvalue weighted by atomic mass is 9.87. The zero-order valence-corrected chi connectivity index (χ0v) is 24.1. The van der Waals surface area contributed by atoms with E-state index in [1.165, 1.54) is 4.90 Å². The molecule has 0 aliphatic heterocycles. The number of methoxy groups -OCH3 is 1. The van der Waals surface area contributed by atoms with Gasteiger partial charge in [0, 0.05) is 12.6 Å². The number of sulfonamides is 1. The average molecular weight is 532 g/mol. The first-order valence-corrected chi connectivity index (χ1v) is 14.3. The molecule has 0 saturated heterocycles. The Hall–Kier alpha value is -3.07. The summed E-state index contributed by atoms with van der Waals surface area (Å²) in [6.45, 7) is 11.4. The van der Waals surface area contributed by atoms with E-state index in [1.807, 2.05) is 38.1 Å². The van der Waals surface area contributed by atoms with Crippen LogP contribution in [-0.2, 0) is 31.6 Å². The van der Waals surface area contributed by atoms with Gasteiger partial charge in [0.25, 0.3) is 0 Å². The number of nitrogens with one attached hydrogen (secondary N) is 1. The van der Waals surface area contributed by atoms with Crippen LogP contribution in [0, 0.1) is 0 Å². The number of benzene rings is 2. The minimum Gasteiger partial charge on any atom is -0.497 e. The van der Waals surface area contributed by atoms with E-state index in [9.17, 15) is 18.0 Å². The molecule has 2 aromatic rings. The van der Waals surface area contributed by atoms with Crippen LogP contribution in [0.5, 0.6) is 5.75 Å². The predicted octanol–water partition coefficient (Wildman–Crippen LogP) is 4.09. The van der Waals surface area contributed by atoms with Crippen LogP contribution in [0.15, 0.2) is 48.5 Å². The SMILES string of the molecule is CCC(C)NC(=O)C(C)N(Cc1ccc(OC)cc1)C(=O)CN(c1ccc(C(C)(C)C)cc1)S(C)(=O)=O. The van der Waals surface area contributed by atoms with E-state index >= 15 is 0 Å². The Kier molecular flexibility index (Phi) is 10.1. The fourth-order valence-electron chi connectivity index (χ4n) is 3.72. The van der Waals surface area contributed by atoms with Crippen molar-refractivity contribution in [3.05, 3.63) is 59.7 Å². The Bertz CT molecular complexity index is 1160. The lowest BCUT2D eigenvalue weighted by Crippen LogP contribution is -2.52. The third-order valence-electron chi connectivity index (χ3n) is 6.38. The van der Waals surface area contributed by atoms with E-state index in [0.717, 1.165) is 28.1 Å². The zero-order valence-electron chi connectivity index (χ0n) is 23.2. The number of anilines is 1. The molecule has 0 aliphatic carbocycles. The molecule has 0 aliphatic rings. The van der Waals surface area contributed by atoms with Gasteiger partial charge in [-0.15, -0.1) is 0 Å². The molecule has 0 aromatic heterocycles. The summed E-state index contributed by atoms with van der Waals surface area (Å²) in [5.41, 5.74) is 2.13. The van der Waals surface area contributed by atoms with Gasteiger partial charge in [-0.25, -0.2) is 8.42 Å². The third-order valence-corrected chi connectivity index (χ3v) is 7.52. The average Bonchev–Trinajstić information content (AvgIpc) is 2.84. The predicted molar refractivity (Wildman–Crippen MR) is 148 cm³/mol. The van der Waals surface area contributed by atoms with Gasteiger partial charge in [0.05, 0.1) is 19.1 Å². The van der Waals surface area contributed by atoms with Gasteiger partial charge in [0.2, 0.25) is 21.8 Å². The Labute approximate surface area is 222 Å². The van der Waals surface area contributed by atoms with E-state index in [1.54, 1.807) is 38.3 Å². The van der Waals surface area contributed by atoms with Gasteiger partial charge < -0.3 is 15.0 Å². The molecular weight excluding hydrogens is 490 g/mol. The zero-order chi connectivity index (χ0) is 28.0. The van der Waals surface area contributed by atoms with E-state index in [-0.39, 0.29) is 23.9 Å². The molecule has 2 atom stereocenters. The van der Waals surface area contributed by atoms with E-state index in [4.69, 9.17) is 4.74 Å². The van der Waals surface area contributed by atoms with Gasteiger partial charge in [-0.2, -0.15) is 0 Å². The summed E-state index contributed by atoms with van der Waals surface area (Å²) in [6.07, 6.45) is 1.82. The molecule has 204 valence electrons. The number of hydrogen-bond acceptors (Lipinski definition) is 5. The normalized spacial score (nSPS) is 13.4. The van der Waals surface area contributed by atoms with Crippen LogP contribution in [0.1, 0.15) is 59.1 Å². The van der Waals surface area contributed by atoms with Gasteiger partial charge in [0.1, 0.15) is 18.3 Å². The molecule has 0 fully saturated rings. The van der Waals surface area contributed by atoms with Crippen LogP contribution < -0.4 is 14.4 Å². The Balaban J connectivity index is 2.39. The first-order chi connectivity index (χ1) is 17.2. The third kappa shape index (κ3) is 8.49. The summed E-state index contributed by atoms with van der Waals surface area (Å²) in [7, 11) is -2.21. The van der Waals surface area contributed by atoms with Crippen molar-refractivity contribution in [2.45, 2.75) is 72.0 Å². The van der Waals surface area contributed by atoms with Crippen LogP contribution >= 0.6 is 0 Å². The quantitative estimate of drug-likeness (QED) is 0.471. The topological polar surface area (TPSA) is 96.0 Å². The molecular formula is C28H41N3O5S. The Morgan fingerprint density at radius 1 is 1.00 bits per heavy atom. The fourth-order valence-corrected chi connectivity index (χ4v) is 4.57. The number of hydrogen-bond donors (Lipinski definition) is 1. The van der Waals surface area contributed by atoms with Crippen molar-refractivity contribution >= 4 is 27.5 Å². The van der Waals surface area contributed by atoms with Crippen LogP contribution in [0.25, 0.3) is 0 Å². The first kappa shape index (κ1) is 30.2. The fraction of sp³-hybridized carbons (Fsp3) is 0.500. The van der Waals surface area contributed by atoms with Gasteiger partial charge in [0.15, 0.2) is 0 Å². The number of amides is 2. The molecule has 0 saturated carbocycles. The lowest BCUT2D eigenvalue weighted by Gasteiger charge is -2.32. The summed E-state index contributed by atoms with van der Waals surface area (Å²) in [6, 6.07) is 13.5. The van der Waals surface area contributed by atoms with Gasteiger partial charge in [-0.3, -0.25) is 13.9 Å². The van der Waals surface area contributed by atoms with Gasteiger partial charge in [-0.1, -0.05) is 52.0 Å². The molecule has 0 radical (unpaired) electrons. The first-order valence-electron chi connectivity index (χ1n) is 12.5. The highest BCUT2D eigenvalue weighted by molar-refractivity contribution is 7.92. The van der Waals surface area contributed by atoms with Crippen LogP contribution in [0.4, 0.5) is 5.69 Å². The molecule has 9 heteroatoms. The molecule has 2 rings (SSSR count). The molecule has 2 amide bonds. The summed E-state index contributed by atoms with van der Waals surface area (Å²) in [5, 5.41) is 2.92. The Morgan fingerprint density at radius 3 is 2.03 bits per heavy atom. The van der Waals surface area contributed by atoms with Crippen molar-refractivity contribution in [1.29, 1.82) is 0 Å². The molecule has 37 heavy (non-hydrogen) atoms. The van der Waals surface area contributed by atoms with Crippen molar-refractivity contribution in [1.82, 2.24) is 10.2 Å². The summed E-state index contributed by atoms with van der Waals surface area (Å²) >= 11 is 0. The standard InChI is InChI=1S/C28H41N3O5S/c1-9-20(2)29-27(33)21(3)30(18-22-10-16-25(36-7)17-11-22)26(32)19-31(37(8,34)35)24-14-12-23(13-15-24)28(4,5)6/h10-17,20-21H,9,18-19H2,1-8H3,(H,29,33). The van der Waals surface area contributed by atoms with E-state index < -0.39 is 28.5 Å². The molecule has 0 spiro atoms. The monoisotopic (exact) mass is 531 g/mol. The van der Waals surface area contributed by atoms with Crippen molar-refractivity contribution < 1.29 is 22.7 Å². The second-order valence-electron chi connectivity index (χ2n) is 10.4. The largest absolute Gasteiger partial charge is 0.497 e. The van der Waals surface area contributed by atoms with Crippen molar-refractivity contribution in [2.24, 2.45) is 0 Å². The second-order valence-corrected chi connectivity index (χ2v) is 12.3. The summed E-state index contributed by atoms with van der Waals surface area (Å²) < 4.78 is 31.8. The number of nitrogens with zero attached hydrogens (tertiary/aromatic N) is 2. The summed E-state index contributed by atoms with van der Waals surface area (Å²) in [5.74, 6) is -0.101. The molecule has 8 nitrogen and oxygen atoms in total. The summed E-state index contributed by atoms with van der Waals surface area (Å²) in [4.78, 5) is 28.0. The highest BCUT2D eigenvalue weighted by atomic mass is 32.2. The maximum absolute atomic E-state index is 13.6. The number of ether oxygens (including phenoxy) is 1. The maximum Gasteiger partial charge on any atom is 0.244 e. The molecule has 0 heterocycles. The minimum absolute atomic E-state index is 0.0539. The van der Waals surface area contributed by atoms with Crippen molar-refractivity contribution in [3.63, 3.8) is 0 Å².